The van der Waals surface area contributed by atoms with Crippen molar-refractivity contribution in [2.24, 2.45) is 0 Å². The monoisotopic (exact) mass is 131 g/mol. The fourth-order valence-corrected chi connectivity index (χ4v) is 0.602. The summed E-state index contributed by atoms with van der Waals surface area (Å²) in [5.41, 5.74) is 1.20. The van der Waals surface area contributed by atoms with Crippen molar-refractivity contribution in [2.75, 3.05) is 7.05 Å². The highest BCUT2D eigenvalue weighted by Gasteiger charge is 2.02. The second-order valence-corrected chi connectivity index (χ2v) is 3.00. The van der Waals surface area contributed by atoms with E-state index in [0.717, 1.165) is 0 Å². The smallest absolute Gasteiger partial charge is 0.0302 e. The Labute approximate surface area is 54.0 Å². The minimum atomic E-state index is 0.472. The van der Waals surface area contributed by atoms with E-state index in [1.54, 1.807) is 0 Å². The van der Waals surface area contributed by atoms with Gasteiger partial charge in [0, 0.05) is 6.04 Å². The van der Waals surface area contributed by atoms with Crippen molar-refractivity contribution < 1.29 is 0 Å². The van der Waals surface area contributed by atoms with Gasteiger partial charge in [-0.2, -0.15) is 0 Å². The Morgan fingerprint density at radius 2 is 2.12 bits per heavy atom. The highest BCUT2D eigenvalue weighted by atomic mass is 31.0. The van der Waals surface area contributed by atoms with Gasteiger partial charge in [-0.3, -0.25) is 4.67 Å². The normalized spacial score (nSPS) is 14.1. The van der Waals surface area contributed by atoms with Crippen LogP contribution in [0.3, 0.4) is 0 Å². The summed E-state index contributed by atoms with van der Waals surface area (Å²) < 4.78 is 2.06. The first-order valence-electron chi connectivity index (χ1n) is 2.68. The lowest BCUT2D eigenvalue weighted by Gasteiger charge is -2.18. The molecule has 0 aliphatic carbocycles. The largest absolute Gasteiger partial charge is 0.284 e. The molecule has 0 aliphatic rings. The molecule has 8 heavy (non-hydrogen) atoms. The van der Waals surface area contributed by atoms with Crippen molar-refractivity contribution in [1.29, 1.82) is 0 Å². The summed E-state index contributed by atoms with van der Waals surface area (Å²) >= 11 is 0. The maximum Gasteiger partial charge on any atom is 0.0302 e. The van der Waals surface area contributed by atoms with E-state index >= 15 is 0 Å². The van der Waals surface area contributed by atoms with Crippen molar-refractivity contribution in [2.45, 2.75) is 19.9 Å². The standard InChI is InChI=1S/C6H14NP/c1-5(2)6(3)7(4)8/h6H,1,8H2,2-4H3. The minimum Gasteiger partial charge on any atom is -0.284 e. The summed E-state index contributed by atoms with van der Waals surface area (Å²) in [5.74, 6) is 0. The van der Waals surface area contributed by atoms with Gasteiger partial charge in [0.15, 0.2) is 0 Å². The van der Waals surface area contributed by atoms with Crippen LogP contribution in [0.25, 0.3) is 0 Å². The zero-order valence-corrected chi connectivity index (χ0v) is 6.96. The molecule has 0 aliphatic heterocycles. The van der Waals surface area contributed by atoms with E-state index in [9.17, 15) is 0 Å². The molecule has 0 spiro atoms. The molecule has 0 N–H and O–H groups in total. The Kier molecular flexibility index (Phi) is 3.27. The van der Waals surface area contributed by atoms with E-state index in [2.05, 4.69) is 27.6 Å². The second-order valence-electron chi connectivity index (χ2n) is 2.19. The van der Waals surface area contributed by atoms with Crippen LogP contribution in [0.5, 0.6) is 0 Å². The molecule has 1 nitrogen and oxygen atoms in total. The van der Waals surface area contributed by atoms with E-state index in [1.165, 1.54) is 5.57 Å². The molecule has 0 amide bonds. The number of likely N-dealkylation sites (N-methyl/N-ethyl adjacent to an activating group) is 1. The molecule has 0 aromatic heterocycles. The average molecular weight is 131 g/mol. The Morgan fingerprint density at radius 1 is 1.75 bits per heavy atom. The van der Waals surface area contributed by atoms with Crippen LogP contribution in [-0.2, 0) is 0 Å². The van der Waals surface area contributed by atoms with Gasteiger partial charge in [0.2, 0.25) is 0 Å². The summed E-state index contributed by atoms with van der Waals surface area (Å²) in [4.78, 5) is 0. The number of rotatable bonds is 2. The van der Waals surface area contributed by atoms with E-state index in [1.807, 2.05) is 14.0 Å². The van der Waals surface area contributed by atoms with E-state index in [4.69, 9.17) is 0 Å². The molecule has 2 heteroatoms. The lowest BCUT2D eigenvalue weighted by atomic mass is 10.2. The van der Waals surface area contributed by atoms with Gasteiger partial charge in [-0.05, 0) is 20.9 Å². The van der Waals surface area contributed by atoms with Gasteiger partial charge < -0.3 is 0 Å². The van der Waals surface area contributed by atoms with Crippen LogP contribution < -0.4 is 0 Å². The van der Waals surface area contributed by atoms with Gasteiger partial charge in [0.25, 0.3) is 0 Å². The Bertz CT molecular complexity index is 88.5. The Morgan fingerprint density at radius 3 is 2.12 bits per heavy atom. The maximum atomic E-state index is 3.82. The summed E-state index contributed by atoms with van der Waals surface area (Å²) in [5, 5.41) is 0. The van der Waals surface area contributed by atoms with Crippen molar-refractivity contribution in [1.82, 2.24) is 4.67 Å². The van der Waals surface area contributed by atoms with Gasteiger partial charge in [0.1, 0.15) is 0 Å². The van der Waals surface area contributed by atoms with Crippen molar-refractivity contribution in [3.63, 3.8) is 0 Å². The van der Waals surface area contributed by atoms with Gasteiger partial charge >= 0.3 is 0 Å². The lowest BCUT2D eigenvalue weighted by molar-refractivity contribution is 0.488. The summed E-state index contributed by atoms with van der Waals surface area (Å²) in [7, 11) is 4.63. The highest BCUT2D eigenvalue weighted by Crippen LogP contribution is 2.08. The Balaban J connectivity index is 3.64. The SMILES string of the molecule is C=C(C)C(C)N(C)P. The van der Waals surface area contributed by atoms with E-state index in [0.29, 0.717) is 6.04 Å². The minimum absolute atomic E-state index is 0.472. The van der Waals surface area contributed by atoms with Crippen molar-refractivity contribution >= 4 is 9.39 Å². The third kappa shape index (κ3) is 2.44. The van der Waals surface area contributed by atoms with Crippen molar-refractivity contribution in [3.8, 4) is 0 Å². The van der Waals surface area contributed by atoms with Gasteiger partial charge in [0.05, 0.1) is 0 Å². The quantitative estimate of drug-likeness (QED) is 0.407. The van der Waals surface area contributed by atoms with Crippen LogP contribution in [-0.4, -0.2) is 17.8 Å². The lowest BCUT2D eigenvalue weighted by Crippen LogP contribution is -2.19. The summed E-state index contributed by atoms with van der Waals surface area (Å²) in [6.45, 7) is 7.97. The highest BCUT2D eigenvalue weighted by molar-refractivity contribution is 7.13. The van der Waals surface area contributed by atoms with Crippen LogP contribution >= 0.6 is 9.39 Å². The molecule has 0 heterocycles. The third-order valence-electron chi connectivity index (χ3n) is 1.32. The molecular weight excluding hydrogens is 117 g/mol. The molecule has 2 unspecified atom stereocenters. The molecule has 0 saturated heterocycles. The topological polar surface area (TPSA) is 3.24 Å². The molecule has 0 fully saturated rings. The van der Waals surface area contributed by atoms with Gasteiger partial charge in [-0.25, -0.2) is 0 Å². The Hall–Kier alpha value is 0.130. The first-order chi connectivity index (χ1) is 3.55. The molecule has 0 aromatic rings. The molecule has 2 atom stereocenters. The van der Waals surface area contributed by atoms with Crippen LogP contribution in [0.4, 0.5) is 0 Å². The fraction of sp³-hybridized carbons (Fsp3) is 0.667. The molecule has 0 bridgehead atoms. The molecule has 0 saturated carbocycles. The molecule has 0 rings (SSSR count). The van der Waals surface area contributed by atoms with Crippen molar-refractivity contribution in [3.05, 3.63) is 12.2 Å². The molecule has 48 valence electrons. The fourth-order valence-electron chi connectivity index (χ4n) is 0.348. The van der Waals surface area contributed by atoms with E-state index < -0.39 is 0 Å². The predicted octanol–water partition coefficient (Wildman–Crippen LogP) is 1.67. The molecular formula is C6H14NP. The average Bonchev–Trinajstić information content (AvgIpc) is 1.64. The van der Waals surface area contributed by atoms with Crippen LogP contribution in [0.2, 0.25) is 0 Å². The molecule has 0 aromatic carbocycles. The first-order valence-corrected chi connectivity index (χ1v) is 3.20. The number of hydrogen-bond donors (Lipinski definition) is 0. The van der Waals surface area contributed by atoms with E-state index in [-0.39, 0.29) is 0 Å². The van der Waals surface area contributed by atoms with Gasteiger partial charge in [-0.15, -0.1) is 0 Å². The zero-order chi connectivity index (χ0) is 6.73. The van der Waals surface area contributed by atoms with Crippen LogP contribution in [0, 0.1) is 0 Å². The number of nitrogens with zero attached hydrogens (tertiary/aromatic N) is 1. The molecule has 0 radical (unpaired) electrons. The third-order valence-corrected chi connectivity index (χ3v) is 1.77. The maximum absolute atomic E-state index is 3.82. The van der Waals surface area contributed by atoms with Crippen LogP contribution in [0.1, 0.15) is 13.8 Å². The number of hydrogen-bond acceptors (Lipinski definition) is 1. The predicted molar refractivity (Wildman–Crippen MR) is 41.7 cm³/mol. The van der Waals surface area contributed by atoms with Crippen LogP contribution in [0.15, 0.2) is 12.2 Å². The first kappa shape index (κ1) is 8.13. The zero-order valence-electron chi connectivity index (χ0n) is 5.81. The summed E-state index contributed by atoms with van der Waals surface area (Å²) in [6, 6.07) is 0.472. The second kappa shape index (κ2) is 3.21. The summed E-state index contributed by atoms with van der Waals surface area (Å²) in [6.07, 6.45) is 0. The van der Waals surface area contributed by atoms with Gasteiger partial charge in [-0.1, -0.05) is 21.5 Å².